The molecule has 1 saturated heterocycles. The highest BCUT2D eigenvalue weighted by Gasteiger charge is 2.54. The van der Waals surface area contributed by atoms with Gasteiger partial charge in [-0.2, -0.15) is 13.2 Å². The summed E-state index contributed by atoms with van der Waals surface area (Å²) in [7, 11) is 0. The van der Waals surface area contributed by atoms with Gasteiger partial charge >= 0.3 is 36.0 Å². The lowest BCUT2D eigenvalue weighted by atomic mass is 9.96. The van der Waals surface area contributed by atoms with E-state index in [4.69, 9.17) is 23.7 Å². The van der Waals surface area contributed by atoms with Crippen molar-refractivity contribution < 1.29 is 60.8 Å². The summed E-state index contributed by atoms with van der Waals surface area (Å²) < 4.78 is 63.2. The Bertz CT molecular complexity index is 695. The highest BCUT2D eigenvalue weighted by Crippen LogP contribution is 2.29. The smallest absolute Gasteiger partial charge is 0.463 e. The summed E-state index contributed by atoms with van der Waals surface area (Å²) in [5.41, 5.74) is 0. The fourth-order valence-corrected chi connectivity index (χ4v) is 2.55. The van der Waals surface area contributed by atoms with E-state index in [1.54, 1.807) is 0 Å². The van der Waals surface area contributed by atoms with E-state index >= 15 is 0 Å². The molecule has 3 unspecified atom stereocenters. The molecule has 11 nitrogen and oxygen atoms in total. The third-order valence-electron chi connectivity index (χ3n) is 3.54. The number of amides is 1. The van der Waals surface area contributed by atoms with Gasteiger partial charge < -0.3 is 29.0 Å². The summed E-state index contributed by atoms with van der Waals surface area (Å²) in [6.07, 6.45) is -12.0. The third kappa shape index (κ3) is 7.50. The molecule has 0 aliphatic carbocycles. The Morgan fingerprint density at radius 3 is 1.77 bits per heavy atom. The summed E-state index contributed by atoms with van der Waals surface area (Å²) in [5.74, 6) is -6.20. The van der Waals surface area contributed by atoms with Crippen LogP contribution in [0.25, 0.3) is 0 Å². The molecule has 0 radical (unpaired) electrons. The van der Waals surface area contributed by atoms with Crippen LogP contribution in [0.2, 0.25) is 0 Å². The van der Waals surface area contributed by atoms with Gasteiger partial charge in [-0.15, -0.1) is 0 Å². The molecule has 0 aromatic rings. The van der Waals surface area contributed by atoms with E-state index in [0.29, 0.717) is 0 Å². The molecule has 1 amide bonds. The first-order chi connectivity index (χ1) is 13.7. The lowest BCUT2D eigenvalue weighted by Gasteiger charge is -2.44. The second kappa shape index (κ2) is 10.2. The lowest BCUT2D eigenvalue weighted by Crippen LogP contribution is -2.67. The van der Waals surface area contributed by atoms with Gasteiger partial charge in [-0.3, -0.25) is 24.0 Å². The van der Waals surface area contributed by atoms with Crippen molar-refractivity contribution in [1.29, 1.82) is 0 Å². The fourth-order valence-electron chi connectivity index (χ4n) is 2.55. The predicted molar refractivity (Wildman–Crippen MR) is 86.2 cm³/mol. The molecule has 1 rings (SSSR count). The summed E-state index contributed by atoms with van der Waals surface area (Å²) in [6.45, 7) is 3.22. The molecule has 0 bridgehead atoms. The van der Waals surface area contributed by atoms with Crippen LogP contribution in [0.5, 0.6) is 0 Å². The quantitative estimate of drug-likeness (QED) is 0.431. The zero-order chi connectivity index (χ0) is 23.2. The fraction of sp³-hybridized carbons (Fsp3) is 0.688. The maximum Gasteiger partial charge on any atom is 0.471 e. The first-order valence-corrected chi connectivity index (χ1v) is 8.40. The van der Waals surface area contributed by atoms with E-state index in [9.17, 15) is 37.1 Å². The second-order valence-corrected chi connectivity index (χ2v) is 6.10. The largest absolute Gasteiger partial charge is 0.471 e. The van der Waals surface area contributed by atoms with Crippen molar-refractivity contribution in [3.05, 3.63) is 0 Å². The number of ether oxygens (including phenoxy) is 5. The van der Waals surface area contributed by atoms with Crippen LogP contribution >= 0.6 is 0 Å². The molecule has 14 heteroatoms. The number of hydrogen-bond acceptors (Lipinski definition) is 10. The maximum atomic E-state index is 12.8. The van der Waals surface area contributed by atoms with E-state index in [0.717, 1.165) is 27.7 Å². The zero-order valence-electron chi connectivity index (χ0n) is 16.3. The van der Waals surface area contributed by atoms with Crippen molar-refractivity contribution in [3.8, 4) is 0 Å². The molecule has 0 spiro atoms. The van der Waals surface area contributed by atoms with Crippen LogP contribution in [0, 0.1) is 0 Å². The minimum absolute atomic E-state index is 0.594. The molecule has 0 saturated carbocycles. The van der Waals surface area contributed by atoms with Crippen molar-refractivity contribution >= 4 is 29.8 Å². The van der Waals surface area contributed by atoms with Crippen LogP contribution in [0.1, 0.15) is 27.7 Å². The highest BCUT2D eigenvalue weighted by atomic mass is 19.4. The first kappa shape index (κ1) is 25.1. The number of alkyl halides is 3. The van der Waals surface area contributed by atoms with Gasteiger partial charge in [0.2, 0.25) is 6.29 Å². The van der Waals surface area contributed by atoms with Crippen LogP contribution in [-0.2, 0) is 47.7 Å². The van der Waals surface area contributed by atoms with Gasteiger partial charge in [0.1, 0.15) is 18.8 Å². The van der Waals surface area contributed by atoms with E-state index in [-0.39, 0.29) is 0 Å². The number of rotatable bonds is 6. The van der Waals surface area contributed by atoms with E-state index in [2.05, 4.69) is 0 Å². The number of hydrogen-bond donors (Lipinski definition) is 1. The van der Waals surface area contributed by atoms with Crippen molar-refractivity contribution in [3.63, 3.8) is 0 Å². The van der Waals surface area contributed by atoms with Gasteiger partial charge in [0.15, 0.2) is 12.2 Å². The number of nitrogens with one attached hydrogen (secondary N) is 1. The zero-order valence-corrected chi connectivity index (χ0v) is 16.3. The molecular weight excluding hydrogens is 423 g/mol. The van der Waals surface area contributed by atoms with Crippen molar-refractivity contribution in [2.45, 2.75) is 64.5 Å². The number of halogens is 3. The minimum atomic E-state index is -5.34. The van der Waals surface area contributed by atoms with Gasteiger partial charge in [-0.25, -0.2) is 0 Å². The molecule has 1 aliphatic rings. The van der Waals surface area contributed by atoms with Crippen LogP contribution < -0.4 is 5.32 Å². The molecule has 1 heterocycles. The van der Waals surface area contributed by atoms with Crippen LogP contribution in [0.15, 0.2) is 0 Å². The highest BCUT2D eigenvalue weighted by molar-refractivity contribution is 5.82. The number of esters is 4. The molecule has 0 aromatic carbocycles. The molecule has 0 aromatic heterocycles. The van der Waals surface area contributed by atoms with Crippen LogP contribution in [-0.4, -0.2) is 73.2 Å². The second-order valence-electron chi connectivity index (χ2n) is 6.10. The van der Waals surface area contributed by atoms with Gasteiger partial charge in [0, 0.05) is 27.7 Å². The average molecular weight is 443 g/mol. The Hall–Kier alpha value is -2.90. The van der Waals surface area contributed by atoms with Gasteiger partial charge in [0.05, 0.1) is 0 Å². The van der Waals surface area contributed by atoms with Gasteiger partial charge in [-0.1, -0.05) is 0 Å². The molecule has 170 valence electrons. The Kier molecular flexibility index (Phi) is 8.57. The molecule has 5 atom stereocenters. The molecule has 1 N–H and O–H groups in total. The summed E-state index contributed by atoms with van der Waals surface area (Å²) in [5, 5.41) is 1.52. The van der Waals surface area contributed by atoms with Crippen LogP contribution in [0.4, 0.5) is 13.2 Å². The molecule has 1 aliphatic heterocycles. The third-order valence-corrected chi connectivity index (χ3v) is 3.54. The van der Waals surface area contributed by atoms with E-state index in [1.165, 1.54) is 5.32 Å². The number of carbonyl (C=O) groups is 5. The van der Waals surface area contributed by atoms with Crippen molar-refractivity contribution in [1.82, 2.24) is 5.32 Å². The molecular formula is C16H20F3NO10. The van der Waals surface area contributed by atoms with E-state index < -0.39 is 73.2 Å². The summed E-state index contributed by atoms with van der Waals surface area (Å²) in [4.78, 5) is 57.0. The average Bonchev–Trinajstić information content (AvgIpc) is 2.56. The normalized spacial score (nSPS) is 26.2. The predicted octanol–water partition coefficient (Wildman–Crippen LogP) is -0.252. The molecule has 1 fully saturated rings. The van der Waals surface area contributed by atoms with Crippen molar-refractivity contribution in [2.75, 3.05) is 6.61 Å². The van der Waals surface area contributed by atoms with Gasteiger partial charge in [-0.05, 0) is 0 Å². The number of carbonyl (C=O) groups excluding carboxylic acids is 5. The van der Waals surface area contributed by atoms with Crippen molar-refractivity contribution in [2.24, 2.45) is 0 Å². The Balaban J connectivity index is 3.39. The first-order valence-electron chi connectivity index (χ1n) is 8.40. The van der Waals surface area contributed by atoms with Crippen LogP contribution in [0.3, 0.4) is 0 Å². The SMILES string of the molecule is CC(=O)OCC1O[C@@H](OC(C)=O)C(NC(=O)C(F)(F)F)C(OC(C)=O)[C@@H]1OC(C)=O. The Labute approximate surface area is 168 Å². The Morgan fingerprint density at radius 1 is 0.833 bits per heavy atom. The topological polar surface area (TPSA) is 144 Å². The van der Waals surface area contributed by atoms with Gasteiger partial charge in [0.25, 0.3) is 0 Å². The lowest BCUT2D eigenvalue weighted by molar-refractivity contribution is -0.272. The monoisotopic (exact) mass is 443 g/mol. The summed E-state index contributed by atoms with van der Waals surface area (Å²) >= 11 is 0. The maximum absolute atomic E-state index is 12.8. The van der Waals surface area contributed by atoms with E-state index in [1.807, 2.05) is 0 Å². The standard InChI is InChI=1S/C16H20F3NO10/c1-6(21)26-5-10-12(27-7(2)22)13(28-8(3)23)11(14(30-10)29-9(4)24)20-15(25)16(17,18)19/h10-14H,5H2,1-4H3,(H,20,25)/t10?,11?,12-,13?,14-/m1/s1. The molecule has 30 heavy (non-hydrogen) atoms. The Morgan fingerprint density at radius 2 is 1.33 bits per heavy atom. The minimum Gasteiger partial charge on any atom is -0.463 e. The summed E-state index contributed by atoms with van der Waals surface area (Å²) in [6, 6.07) is -1.91.